The van der Waals surface area contributed by atoms with Gasteiger partial charge in [-0.1, -0.05) is 17.7 Å². The maximum atomic E-state index is 12.5. The highest BCUT2D eigenvalue weighted by molar-refractivity contribution is 7.89. The highest BCUT2D eigenvalue weighted by atomic mass is 35.5. The molecule has 0 aliphatic carbocycles. The molecule has 2 heterocycles. The number of hydrogen-bond donors (Lipinski definition) is 1. The van der Waals surface area contributed by atoms with Gasteiger partial charge in [-0.3, -0.25) is 4.90 Å². The van der Waals surface area contributed by atoms with E-state index in [1.54, 1.807) is 29.5 Å². The van der Waals surface area contributed by atoms with Crippen LogP contribution in [0.15, 0.2) is 46.0 Å². The van der Waals surface area contributed by atoms with Gasteiger partial charge in [-0.2, -0.15) is 11.3 Å². The average Bonchev–Trinajstić information content (AvgIpc) is 3.21. The first-order chi connectivity index (χ1) is 11.1. The molecule has 1 saturated heterocycles. The van der Waals surface area contributed by atoms with Gasteiger partial charge in [0.1, 0.15) is 0 Å². The first-order valence-corrected chi connectivity index (χ1v) is 10.4. The van der Waals surface area contributed by atoms with Crippen molar-refractivity contribution in [3.63, 3.8) is 0 Å². The maximum Gasteiger partial charge on any atom is 0.240 e. The molecule has 4 nitrogen and oxygen atoms in total. The van der Waals surface area contributed by atoms with Crippen molar-refractivity contribution in [3.05, 3.63) is 51.7 Å². The molecule has 124 valence electrons. The summed E-state index contributed by atoms with van der Waals surface area (Å²) in [6.45, 7) is 2.39. The molecule has 1 atom stereocenters. The molecule has 1 aromatic heterocycles. The molecule has 1 N–H and O–H groups in total. The predicted octanol–water partition coefficient (Wildman–Crippen LogP) is 3.52. The average molecular weight is 371 g/mol. The van der Waals surface area contributed by atoms with Crippen LogP contribution in [0.1, 0.15) is 24.4 Å². The van der Waals surface area contributed by atoms with Crippen molar-refractivity contribution in [1.82, 2.24) is 9.62 Å². The Hall–Kier alpha value is -0.920. The number of nitrogens with zero attached hydrogens (tertiary/aromatic N) is 1. The quantitative estimate of drug-likeness (QED) is 0.846. The number of nitrogens with one attached hydrogen (secondary N) is 1. The van der Waals surface area contributed by atoms with Crippen molar-refractivity contribution in [2.75, 3.05) is 19.6 Å². The van der Waals surface area contributed by atoms with E-state index in [4.69, 9.17) is 11.6 Å². The number of benzene rings is 1. The molecule has 0 spiro atoms. The normalized spacial score (nSPS) is 17.4. The van der Waals surface area contributed by atoms with Gasteiger partial charge in [0.15, 0.2) is 0 Å². The minimum absolute atomic E-state index is 0.0812. The second kappa shape index (κ2) is 7.32. The molecule has 1 unspecified atom stereocenters. The SMILES string of the molecule is O=S(=O)(NCC(c1ccsc1)N1CCCC1)c1cccc(Cl)c1. The third-order valence-electron chi connectivity index (χ3n) is 4.08. The lowest BCUT2D eigenvalue weighted by molar-refractivity contribution is 0.247. The monoisotopic (exact) mass is 370 g/mol. The van der Waals surface area contributed by atoms with Crippen LogP contribution in [0.5, 0.6) is 0 Å². The van der Waals surface area contributed by atoms with Crippen molar-refractivity contribution < 1.29 is 8.42 Å². The molecule has 7 heteroatoms. The van der Waals surface area contributed by atoms with Gasteiger partial charge in [0.2, 0.25) is 10.0 Å². The Labute approximate surface area is 146 Å². The van der Waals surface area contributed by atoms with Gasteiger partial charge in [0, 0.05) is 17.6 Å². The molecule has 1 aromatic carbocycles. The molecule has 0 bridgehead atoms. The number of halogens is 1. The molecule has 2 aromatic rings. The summed E-state index contributed by atoms with van der Waals surface area (Å²) in [5, 5.41) is 4.54. The fourth-order valence-electron chi connectivity index (χ4n) is 2.88. The van der Waals surface area contributed by atoms with Crippen LogP contribution in [0.4, 0.5) is 0 Å². The van der Waals surface area contributed by atoms with E-state index in [0.29, 0.717) is 11.6 Å². The highest BCUT2D eigenvalue weighted by Crippen LogP contribution is 2.27. The van der Waals surface area contributed by atoms with E-state index in [2.05, 4.69) is 21.1 Å². The third kappa shape index (κ3) is 4.14. The van der Waals surface area contributed by atoms with E-state index in [1.807, 2.05) is 5.38 Å². The zero-order valence-corrected chi connectivity index (χ0v) is 15.0. The molecule has 3 rings (SSSR count). The number of sulfonamides is 1. The van der Waals surface area contributed by atoms with Crippen LogP contribution in [0.2, 0.25) is 5.02 Å². The minimum Gasteiger partial charge on any atom is -0.295 e. The van der Waals surface area contributed by atoms with E-state index in [0.717, 1.165) is 13.1 Å². The number of likely N-dealkylation sites (tertiary alicyclic amines) is 1. The minimum atomic E-state index is -3.56. The second-order valence-electron chi connectivity index (χ2n) is 5.62. The van der Waals surface area contributed by atoms with Crippen LogP contribution in [0.3, 0.4) is 0 Å². The Morgan fingerprint density at radius 1 is 1.26 bits per heavy atom. The van der Waals surface area contributed by atoms with Gasteiger partial charge < -0.3 is 0 Å². The van der Waals surface area contributed by atoms with Crippen molar-refractivity contribution in [2.45, 2.75) is 23.8 Å². The van der Waals surface area contributed by atoms with Crippen LogP contribution in [0.25, 0.3) is 0 Å². The fourth-order valence-corrected chi connectivity index (χ4v) is 4.93. The summed E-state index contributed by atoms with van der Waals surface area (Å²) < 4.78 is 27.7. The zero-order chi connectivity index (χ0) is 16.3. The van der Waals surface area contributed by atoms with Crippen LogP contribution in [-0.2, 0) is 10.0 Å². The molecule has 0 amide bonds. The summed E-state index contributed by atoms with van der Waals surface area (Å²) >= 11 is 7.54. The zero-order valence-electron chi connectivity index (χ0n) is 12.6. The Kier molecular flexibility index (Phi) is 5.38. The van der Waals surface area contributed by atoms with E-state index in [1.165, 1.54) is 24.5 Å². The second-order valence-corrected chi connectivity index (χ2v) is 8.61. The van der Waals surface area contributed by atoms with Crippen molar-refractivity contribution >= 4 is 33.0 Å². The maximum absolute atomic E-state index is 12.5. The van der Waals surface area contributed by atoms with Crippen LogP contribution in [-0.4, -0.2) is 33.0 Å². The van der Waals surface area contributed by atoms with Gasteiger partial charge in [0.05, 0.1) is 4.90 Å². The Bertz CT molecular complexity index is 741. The molecule has 23 heavy (non-hydrogen) atoms. The summed E-state index contributed by atoms with van der Waals surface area (Å²) in [6, 6.07) is 8.49. The van der Waals surface area contributed by atoms with Gasteiger partial charge in [-0.05, 0) is 66.5 Å². The lowest BCUT2D eigenvalue weighted by Gasteiger charge is -2.27. The van der Waals surface area contributed by atoms with Crippen LogP contribution in [0, 0.1) is 0 Å². The lowest BCUT2D eigenvalue weighted by Crippen LogP contribution is -2.36. The molecule has 1 aliphatic heterocycles. The molecular formula is C16H19ClN2O2S2. The number of rotatable bonds is 6. The molecule has 0 saturated carbocycles. The van der Waals surface area contributed by atoms with E-state index >= 15 is 0 Å². The third-order valence-corrected chi connectivity index (χ3v) is 6.44. The van der Waals surface area contributed by atoms with Gasteiger partial charge in [0.25, 0.3) is 0 Å². The molecule has 1 fully saturated rings. The fraction of sp³-hybridized carbons (Fsp3) is 0.375. The summed E-state index contributed by atoms with van der Waals surface area (Å²) in [4.78, 5) is 2.55. The van der Waals surface area contributed by atoms with Crippen molar-refractivity contribution in [3.8, 4) is 0 Å². The highest BCUT2D eigenvalue weighted by Gasteiger charge is 2.25. The van der Waals surface area contributed by atoms with Crippen molar-refractivity contribution in [1.29, 1.82) is 0 Å². The van der Waals surface area contributed by atoms with Crippen LogP contribution >= 0.6 is 22.9 Å². The van der Waals surface area contributed by atoms with Gasteiger partial charge in [-0.25, -0.2) is 13.1 Å². The number of hydrogen-bond acceptors (Lipinski definition) is 4. The first-order valence-electron chi connectivity index (χ1n) is 7.58. The standard InChI is InChI=1S/C16H19ClN2O2S2/c17-14-4-3-5-15(10-14)23(20,21)18-11-16(13-6-9-22-12-13)19-7-1-2-8-19/h3-6,9-10,12,16,18H,1-2,7-8,11H2. The largest absolute Gasteiger partial charge is 0.295 e. The predicted molar refractivity (Wildman–Crippen MR) is 94.5 cm³/mol. The topological polar surface area (TPSA) is 49.4 Å². The molecule has 1 aliphatic rings. The van der Waals surface area contributed by atoms with Crippen LogP contribution < -0.4 is 4.72 Å². The summed E-state index contributed by atoms with van der Waals surface area (Å²) in [5.41, 5.74) is 1.17. The Morgan fingerprint density at radius 2 is 2.04 bits per heavy atom. The van der Waals surface area contributed by atoms with Crippen molar-refractivity contribution in [2.24, 2.45) is 0 Å². The first kappa shape index (κ1) is 16.9. The molecule has 0 radical (unpaired) electrons. The summed E-state index contributed by atoms with van der Waals surface area (Å²) in [7, 11) is -3.56. The van der Waals surface area contributed by atoms with E-state index in [9.17, 15) is 8.42 Å². The smallest absolute Gasteiger partial charge is 0.240 e. The molecular weight excluding hydrogens is 352 g/mol. The lowest BCUT2D eigenvalue weighted by atomic mass is 10.1. The summed E-state index contributed by atoms with van der Waals surface area (Å²) in [5.74, 6) is 0. The van der Waals surface area contributed by atoms with Gasteiger partial charge in [-0.15, -0.1) is 0 Å². The summed E-state index contributed by atoms with van der Waals surface area (Å²) in [6.07, 6.45) is 2.34. The Balaban J connectivity index is 1.76. The number of thiophene rings is 1. The Morgan fingerprint density at radius 3 is 2.70 bits per heavy atom. The van der Waals surface area contributed by atoms with E-state index in [-0.39, 0.29) is 10.9 Å². The van der Waals surface area contributed by atoms with Gasteiger partial charge >= 0.3 is 0 Å². The van der Waals surface area contributed by atoms with E-state index < -0.39 is 10.0 Å².